The lowest BCUT2D eigenvalue weighted by atomic mass is 10.0. The fourth-order valence-electron chi connectivity index (χ4n) is 2.20. The van der Waals surface area contributed by atoms with Crippen LogP contribution in [0.1, 0.15) is 12.5 Å². The monoisotopic (exact) mass is 296 g/mol. The van der Waals surface area contributed by atoms with Gasteiger partial charge in [-0.2, -0.15) is 0 Å². The molecule has 0 amide bonds. The Morgan fingerprint density at radius 3 is 2.71 bits per heavy atom. The third-order valence-corrected chi connectivity index (χ3v) is 3.25. The van der Waals surface area contributed by atoms with Crippen molar-refractivity contribution in [2.75, 3.05) is 13.7 Å². The molecule has 2 rings (SSSR count). The van der Waals surface area contributed by atoms with E-state index in [9.17, 15) is 9.90 Å². The van der Waals surface area contributed by atoms with Crippen molar-refractivity contribution in [3.8, 4) is 0 Å². The molecule has 1 aromatic carbocycles. The molecule has 0 bridgehead atoms. The first-order valence-corrected chi connectivity index (χ1v) is 6.77. The second kappa shape index (κ2) is 7.51. The number of carbonyl (C=O) groups is 1. The zero-order valence-electron chi connectivity index (χ0n) is 12.1. The highest BCUT2D eigenvalue weighted by Gasteiger charge is 2.42. The van der Waals surface area contributed by atoms with Crippen molar-refractivity contribution < 1.29 is 28.8 Å². The van der Waals surface area contributed by atoms with Crippen molar-refractivity contribution in [3.05, 3.63) is 35.9 Å². The Morgan fingerprint density at radius 2 is 2.10 bits per heavy atom. The van der Waals surface area contributed by atoms with Crippen LogP contribution in [0.2, 0.25) is 0 Å². The Labute approximate surface area is 123 Å². The summed E-state index contributed by atoms with van der Waals surface area (Å²) >= 11 is 0. The summed E-state index contributed by atoms with van der Waals surface area (Å²) in [6.45, 7) is 1.79. The molecule has 6 nitrogen and oxygen atoms in total. The van der Waals surface area contributed by atoms with Crippen LogP contribution in [0, 0.1) is 0 Å². The van der Waals surface area contributed by atoms with Crippen LogP contribution in [0.25, 0.3) is 0 Å². The second-order valence-corrected chi connectivity index (χ2v) is 4.84. The first kappa shape index (κ1) is 15.9. The molecule has 6 heteroatoms. The number of aliphatic hydroxyl groups excluding tert-OH is 1. The molecular weight excluding hydrogens is 276 g/mol. The lowest BCUT2D eigenvalue weighted by Gasteiger charge is -2.38. The van der Waals surface area contributed by atoms with Gasteiger partial charge in [-0.25, -0.2) is 0 Å². The molecule has 1 saturated heterocycles. The maximum absolute atomic E-state index is 11.1. The smallest absolute Gasteiger partial charge is 0.303 e. The molecule has 21 heavy (non-hydrogen) atoms. The van der Waals surface area contributed by atoms with E-state index in [1.54, 1.807) is 0 Å². The van der Waals surface area contributed by atoms with Gasteiger partial charge < -0.3 is 24.1 Å². The first-order valence-electron chi connectivity index (χ1n) is 6.77. The first-order chi connectivity index (χ1) is 10.1. The minimum Gasteiger partial charge on any atom is -0.454 e. The number of hydrogen-bond donors (Lipinski definition) is 1. The number of aliphatic hydroxyl groups is 1. The Kier molecular flexibility index (Phi) is 5.69. The number of benzene rings is 1. The van der Waals surface area contributed by atoms with E-state index in [1.165, 1.54) is 14.0 Å². The van der Waals surface area contributed by atoms with Crippen LogP contribution in [0.15, 0.2) is 30.3 Å². The molecule has 1 aliphatic heterocycles. The minimum absolute atomic E-state index is 0.171. The molecule has 0 radical (unpaired) electrons. The molecule has 4 atom stereocenters. The fourth-order valence-corrected chi connectivity index (χ4v) is 2.20. The Bertz CT molecular complexity index is 449. The maximum atomic E-state index is 11.1. The van der Waals surface area contributed by atoms with E-state index in [1.807, 2.05) is 30.3 Å². The van der Waals surface area contributed by atoms with Gasteiger partial charge in [-0.05, 0) is 5.56 Å². The predicted octanol–water partition coefficient (Wildman–Crippen LogP) is 0.867. The highest BCUT2D eigenvalue weighted by Crippen LogP contribution is 2.22. The number of carbonyl (C=O) groups excluding carboxylic acids is 1. The Balaban J connectivity index is 1.96. The van der Waals surface area contributed by atoms with E-state index in [0.717, 1.165) is 5.56 Å². The number of esters is 1. The largest absolute Gasteiger partial charge is 0.454 e. The third kappa shape index (κ3) is 4.25. The zero-order valence-corrected chi connectivity index (χ0v) is 12.1. The molecule has 1 N–H and O–H groups in total. The number of hydrogen-bond acceptors (Lipinski definition) is 6. The molecule has 0 unspecified atom stereocenters. The molecule has 1 aromatic rings. The molecular formula is C15H20O6. The van der Waals surface area contributed by atoms with Crippen LogP contribution in [0.4, 0.5) is 0 Å². The van der Waals surface area contributed by atoms with E-state index < -0.39 is 30.6 Å². The fraction of sp³-hybridized carbons (Fsp3) is 0.533. The van der Waals surface area contributed by atoms with Crippen LogP contribution >= 0.6 is 0 Å². The number of rotatable bonds is 5. The van der Waals surface area contributed by atoms with Crippen LogP contribution in [-0.2, 0) is 30.3 Å². The van der Waals surface area contributed by atoms with Crippen molar-refractivity contribution in [1.82, 2.24) is 0 Å². The van der Waals surface area contributed by atoms with Gasteiger partial charge in [0.15, 0.2) is 12.4 Å². The van der Waals surface area contributed by atoms with Crippen molar-refractivity contribution in [2.24, 2.45) is 0 Å². The molecule has 1 fully saturated rings. The molecule has 0 saturated carbocycles. The van der Waals surface area contributed by atoms with Crippen LogP contribution < -0.4 is 0 Å². The van der Waals surface area contributed by atoms with Crippen LogP contribution in [-0.4, -0.2) is 49.4 Å². The van der Waals surface area contributed by atoms with E-state index in [-0.39, 0.29) is 6.61 Å². The standard InChI is InChI=1S/C15H20O6/c1-10(16)21-14-13(17)12(9-20-15(14)18-2)19-8-11-6-4-3-5-7-11/h3-7,12-15,17H,8-9H2,1-2H3/t12-,13+,14-,15-/m1/s1. The molecule has 1 heterocycles. The van der Waals surface area contributed by atoms with Crippen molar-refractivity contribution in [2.45, 2.75) is 38.1 Å². The van der Waals surface area contributed by atoms with Gasteiger partial charge in [-0.1, -0.05) is 30.3 Å². The van der Waals surface area contributed by atoms with Crippen molar-refractivity contribution in [1.29, 1.82) is 0 Å². The Morgan fingerprint density at radius 1 is 1.38 bits per heavy atom. The predicted molar refractivity (Wildman–Crippen MR) is 73.3 cm³/mol. The van der Waals surface area contributed by atoms with Crippen molar-refractivity contribution >= 4 is 5.97 Å². The minimum atomic E-state index is -1.00. The summed E-state index contributed by atoms with van der Waals surface area (Å²) in [6, 6.07) is 9.60. The molecule has 0 aromatic heterocycles. The summed E-state index contributed by atoms with van der Waals surface area (Å²) in [5, 5.41) is 10.3. The van der Waals surface area contributed by atoms with Gasteiger partial charge in [0, 0.05) is 14.0 Å². The lowest BCUT2D eigenvalue weighted by Crippen LogP contribution is -2.55. The lowest BCUT2D eigenvalue weighted by molar-refractivity contribution is -0.275. The van der Waals surface area contributed by atoms with Gasteiger partial charge in [-0.3, -0.25) is 4.79 Å². The van der Waals surface area contributed by atoms with E-state index in [0.29, 0.717) is 6.61 Å². The highest BCUT2D eigenvalue weighted by molar-refractivity contribution is 5.66. The van der Waals surface area contributed by atoms with Gasteiger partial charge in [0.25, 0.3) is 0 Å². The topological polar surface area (TPSA) is 74.2 Å². The molecule has 116 valence electrons. The SMILES string of the molecule is CO[C@@H]1OC[C@@H](OCc2ccccc2)[C@H](O)[C@H]1OC(C)=O. The molecule has 0 spiro atoms. The average molecular weight is 296 g/mol. The van der Waals surface area contributed by atoms with E-state index in [2.05, 4.69) is 0 Å². The van der Waals surface area contributed by atoms with Gasteiger partial charge >= 0.3 is 5.97 Å². The van der Waals surface area contributed by atoms with E-state index in [4.69, 9.17) is 18.9 Å². The normalized spacial score (nSPS) is 29.1. The number of ether oxygens (including phenoxy) is 4. The van der Waals surface area contributed by atoms with E-state index >= 15 is 0 Å². The van der Waals surface area contributed by atoms with Crippen molar-refractivity contribution in [3.63, 3.8) is 0 Å². The third-order valence-electron chi connectivity index (χ3n) is 3.25. The summed E-state index contributed by atoms with van der Waals surface area (Å²) < 4.78 is 21.2. The summed E-state index contributed by atoms with van der Waals surface area (Å²) in [4.78, 5) is 11.1. The summed E-state index contributed by atoms with van der Waals surface area (Å²) in [5.41, 5.74) is 0.989. The zero-order chi connectivity index (χ0) is 15.2. The van der Waals surface area contributed by atoms with Gasteiger partial charge in [-0.15, -0.1) is 0 Å². The highest BCUT2D eigenvalue weighted by atomic mass is 16.7. The summed E-state index contributed by atoms with van der Waals surface area (Å²) in [7, 11) is 1.43. The molecule has 0 aliphatic carbocycles. The quantitative estimate of drug-likeness (QED) is 0.813. The summed E-state index contributed by atoms with van der Waals surface area (Å²) in [6.07, 6.45) is -3.28. The van der Waals surface area contributed by atoms with Crippen LogP contribution in [0.3, 0.4) is 0 Å². The van der Waals surface area contributed by atoms with Gasteiger partial charge in [0.2, 0.25) is 0 Å². The second-order valence-electron chi connectivity index (χ2n) is 4.84. The summed E-state index contributed by atoms with van der Waals surface area (Å²) in [5.74, 6) is -0.506. The maximum Gasteiger partial charge on any atom is 0.303 e. The van der Waals surface area contributed by atoms with Crippen LogP contribution in [0.5, 0.6) is 0 Å². The molecule has 1 aliphatic rings. The van der Waals surface area contributed by atoms with Gasteiger partial charge in [0.05, 0.1) is 13.2 Å². The average Bonchev–Trinajstić information content (AvgIpc) is 2.49. The van der Waals surface area contributed by atoms with Gasteiger partial charge in [0.1, 0.15) is 12.2 Å². The Hall–Kier alpha value is -1.47. The number of methoxy groups -OCH3 is 1.